The zero-order valence-corrected chi connectivity index (χ0v) is 10.9. The van der Waals surface area contributed by atoms with Gasteiger partial charge in [-0.2, -0.15) is 5.10 Å². The van der Waals surface area contributed by atoms with Crippen LogP contribution in [0.5, 0.6) is 0 Å². The second-order valence-electron chi connectivity index (χ2n) is 3.99. The molecular weight excluding hydrogens is 252 g/mol. The van der Waals surface area contributed by atoms with Crippen molar-refractivity contribution in [1.82, 2.24) is 10.2 Å². The first-order chi connectivity index (χ1) is 8.40. The van der Waals surface area contributed by atoms with Gasteiger partial charge in [-0.15, -0.1) is 0 Å². The van der Waals surface area contributed by atoms with Gasteiger partial charge in [0.25, 0.3) is 10.0 Å². The highest BCUT2D eigenvalue weighted by atomic mass is 32.2. The Kier molecular flexibility index (Phi) is 3.00. The SMILES string of the molecule is Cc1n[nH]c(C)c1NS(=O)(=O)c1cccc(N)c1. The lowest BCUT2D eigenvalue weighted by Crippen LogP contribution is -2.14. The minimum atomic E-state index is -3.64. The molecule has 1 heterocycles. The van der Waals surface area contributed by atoms with E-state index in [0.717, 1.165) is 0 Å². The van der Waals surface area contributed by atoms with Crippen LogP contribution in [0.15, 0.2) is 29.2 Å². The Morgan fingerprint density at radius 1 is 1.33 bits per heavy atom. The van der Waals surface area contributed by atoms with Crippen molar-refractivity contribution >= 4 is 21.4 Å². The Morgan fingerprint density at radius 3 is 2.61 bits per heavy atom. The molecule has 0 spiro atoms. The van der Waals surface area contributed by atoms with E-state index in [0.29, 0.717) is 22.8 Å². The number of hydrogen-bond acceptors (Lipinski definition) is 4. The molecule has 96 valence electrons. The number of anilines is 2. The number of hydrogen-bond donors (Lipinski definition) is 3. The van der Waals surface area contributed by atoms with Gasteiger partial charge in [-0.3, -0.25) is 9.82 Å². The van der Waals surface area contributed by atoms with Crippen molar-refractivity contribution in [3.63, 3.8) is 0 Å². The lowest BCUT2D eigenvalue weighted by Gasteiger charge is -2.08. The van der Waals surface area contributed by atoms with Crippen LogP contribution in [0.4, 0.5) is 11.4 Å². The number of nitrogens with one attached hydrogen (secondary N) is 2. The number of nitrogen functional groups attached to an aromatic ring is 1. The number of rotatable bonds is 3. The first kappa shape index (κ1) is 12.4. The Morgan fingerprint density at radius 2 is 2.06 bits per heavy atom. The van der Waals surface area contributed by atoms with Crippen molar-refractivity contribution in [2.24, 2.45) is 0 Å². The molecule has 2 aromatic rings. The zero-order valence-electron chi connectivity index (χ0n) is 10.1. The third-order valence-electron chi connectivity index (χ3n) is 2.53. The number of aromatic amines is 1. The molecule has 4 N–H and O–H groups in total. The normalized spacial score (nSPS) is 11.4. The van der Waals surface area contributed by atoms with E-state index in [1.54, 1.807) is 26.0 Å². The minimum absolute atomic E-state index is 0.127. The molecular formula is C11H14N4O2S. The summed E-state index contributed by atoms with van der Waals surface area (Å²) in [7, 11) is -3.64. The highest BCUT2D eigenvalue weighted by Gasteiger charge is 2.18. The number of benzene rings is 1. The Hall–Kier alpha value is -2.02. The molecule has 0 aliphatic carbocycles. The standard InChI is InChI=1S/C11H14N4O2S/c1-7-11(8(2)14-13-7)15-18(16,17)10-5-3-4-9(12)6-10/h3-6,15H,12H2,1-2H3,(H,13,14). The third-order valence-corrected chi connectivity index (χ3v) is 3.88. The fraction of sp³-hybridized carbons (Fsp3) is 0.182. The molecule has 0 saturated carbocycles. The van der Waals surface area contributed by atoms with Crippen LogP contribution in [0.3, 0.4) is 0 Å². The second-order valence-corrected chi connectivity index (χ2v) is 5.67. The van der Waals surface area contributed by atoms with Crippen LogP contribution in [0.1, 0.15) is 11.4 Å². The number of nitrogens with zero attached hydrogens (tertiary/aromatic N) is 1. The summed E-state index contributed by atoms with van der Waals surface area (Å²) in [6.07, 6.45) is 0. The molecule has 0 amide bonds. The van der Waals surface area contributed by atoms with Crippen LogP contribution in [-0.4, -0.2) is 18.6 Å². The molecule has 0 bridgehead atoms. The number of aromatic nitrogens is 2. The maximum atomic E-state index is 12.1. The summed E-state index contributed by atoms with van der Waals surface area (Å²) in [5, 5.41) is 6.66. The van der Waals surface area contributed by atoms with E-state index in [2.05, 4.69) is 14.9 Å². The maximum absolute atomic E-state index is 12.1. The molecule has 0 fully saturated rings. The van der Waals surface area contributed by atoms with Crippen LogP contribution in [0.2, 0.25) is 0 Å². The summed E-state index contributed by atoms with van der Waals surface area (Å²) in [4.78, 5) is 0.127. The predicted molar refractivity (Wildman–Crippen MR) is 69.7 cm³/mol. The Balaban J connectivity index is 2.39. The summed E-state index contributed by atoms with van der Waals surface area (Å²) in [5.74, 6) is 0. The molecule has 0 atom stereocenters. The lowest BCUT2D eigenvalue weighted by atomic mass is 10.3. The molecule has 0 aliphatic rings. The van der Waals surface area contributed by atoms with Crippen LogP contribution >= 0.6 is 0 Å². The zero-order chi connectivity index (χ0) is 13.3. The van der Waals surface area contributed by atoms with Crippen molar-refractivity contribution in [1.29, 1.82) is 0 Å². The fourth-order valence-electron chi connectivity index (χ4n) is 1.58. The minimum Gasteiger partial charge on any atom is -0.399 e. The van der Waals surface area contributed by atoms with E-state index < -0.39 is 10.0 Å². The van der Waals surface area contributed by atoms with Crippen LogP contribution in [0.25, 0.3) is 0 Å². The van der Waals surface area contributed by atoms with Gasteiger partial charge in [0.1, 0.15) is 0 Å². The monoisotopic (exact) mass is 266 g/mol. The summed E-state index contributed by atoms with van der Waals surface area (Å²) in [6, 6.07) is 6.13. The van der Waals surface area contributed by atoms with Gasteiger partial charge >= 0.3 is 0 Å². The fourth-order valence-corrected chi connectivity index (χ4v) is 2.81. The first-order valence-electron chi connectivity index (χ1n) is 5.30. The van der Waals surface area contributed by atoms with Crippen LogP contribution in [-0.2, 0) is 10.0 Å². The predicted octanol–water partition coefficient (Wildman–Crippen LogP) is 1.41. The summed E-state index contributed by atoms with van der Waals surface area (Å²) >= 11 is 0. The van der Waals surface area contributed by atoms with Crippen molar-refractivity contribution in [3.8, 4) is 0 Å². The molecule has 7 heteroatoms. The van der Waals surface area contributed by atoms with Gasteiger partial charge in [0, 0.05) is 5.69 Å². The molecule has 2 rings (SSSR count). The number of aryl methyl sites for hydroxylation is 2. The van der Waals surface area contributed by atoms with Crippen LogP contribution in [0, 0.1) is 13.8 Å². The molecule has 0 aliphatic heterocycles. The summed E-state index contributed by atoms with van der Waals surface area (Å²) < 4.78 is 26.8. The van der Waals surface area contributed by atoms with Gasteiger partial charge < -0.3 is 5.73 Å². The number of sulfonamides is 1. The molecule has 0 saturated heterocycles. The molecule has 1 aromatic carbocycles. The molecule has 18 heavy (non-hydrogen) atoms. The number of nitrogens with two attached hydrogens (primary N) is 1. The van der Waals surface area contributed by atoms with Gasteiger partial charge in [0.15, 0.2) is 0 Å². The van der Waals surface area contributed by atoms with E-state index in [9.17, 15) is 8.42 Å². The largest absolute Gasteiger partial charge is 0.399 e. The first-order valence-corrected chi connectivity index (χ1v) is 6.78. The summed E-state index contributed by atoms with van der Waals surface area (Å²) in [5.41, 5.74) is 7.71. The van der Waals surface area contributed by atoms with Gasteiger partial charge in [-0.25, -0.2) is 8.42 Å². The summed E-state index contributed by atoms with van der Waals surface area (Å²) in [6.45, 7) is 3.47. The van der Waals surface area contributed by atoms with Crippen molar-refractivity contribution in [2.75, 3.05) is 10.5 Å². The lowest BCUT2D eigenvalue weighted by molar-refractivity contribution is 0.601. The van der Waals surface area contributed by atoms with E-state index >= 15 is 0 Å². The molecule has 0 unspecified atom stereocenters. The van der Waals surface area contributed by atoms with E-state index in [-0.39, 0.29) is 4.90 Å². The Labute approximate surface area is 105 Å². The van der Waals surface area contributed by atoms with Crippen molar-refractivity contribution in [3.05, 3.63) is 35.7 Å². The topological polar surface area (TPSA) is 101 Å². The second kappa shape index (κ2) is 4.34. The van der Waals surface area contributed by atoms with Gasteiger partial charge in [0.05, 0.1) is 22.0 Å². The molecule has 0 radical (unpaired) electrons. The molecule has 6 nitrogen and oxygen atoms in total. The van der Waals surface area contributed by atoms with E-state index in [1.165, 1.54) is 12.1 Å². The smallest absolute Gasteiger partial charge is 0.262 e. The third kappa shape index (κ3) is 2.30. The Bertz CT molecular complexity index is 657. The highest BCUT2D eigenvalue weighted by Crippen LogP contribution is 2.21. The van der Waals surface area contributed by atoms with Crippen LogP contribution < -0.4 is 10.5 Å². The quantitative estimate of drug-likeness (QED) is 0.731. The molecule has 1 aromatic heterocycles. The van der Waals surface area contributed by atoms with E-state index in [4.69, 9.17) is 5.73 Å². The highest BCUT2D eigenvalue weighted by molar-refractivity contribution is 7.92. The van der Waals surface area contributed by atoms with Gasteiger partial charge in [-0.1, -0.05) is 6.07 Å². The average Bonchev–Trinajstić information content (AvgIpc) is 2.60. The maximum Gasteiger partial charge on any atom is 0.262 e. The van der Waals surface area contributed by atoms with Crippen molar-refractivity contribution < 1.29 is 8.42 Å². The number of H-pyrrole nitrogens is 1. The van der Waals surface area contributed by atoms with Gasteiger partial charge in [0.2, 0.25) is 0 Å². The van der Waals surface area contributed by atoms with Gasteiger partial charge in [-0.05, 0) is 32.0 Å². The average molecular weight is 266 g/mol. The van der Waals surface area contributed by atoms with E-state index in [1.807, 2.05) is 0 Å². The van der Waals surface area contributed by atoms with Crippen molar-refractivity contribution in [2.45, 2.75) is 18.7 Å².